The Balaban J connectivity index is 0. The van der Waals surface area contributed by atoms with Gasteiger partial charge in [-0.25, -0.2) is 0 Å². The Morgan fingerprint density at radius 1 is 0.833 bits per heavy atom. The monoisotopic (exact) mass is 190 g/mol. The molecule has 0 saturated heterocycles. The zero-order chi connectivity index (χ0) is 4.50. The van der Waals surface area contributed by atoms with E-state index in [0.29, 0.717) is 0 Å². The van der Waals surface area contributed by atoms with E-state index in [1.165, 1.54) is 0 Å². The SMILES string of the molecule is [B+3].[F][Rh-3]([F])([F])[F]. The van der Waals surface area contributed by atoms with Crippen LogP contribution in [0.1, 0.15) is 0 Å². The maximum absolute atomic E-state index is 9.85. The van der Waals surface area contributed by atoms with Gasteiger partial charge < -0.3 is 0 Å². The van der Waals surface area contributed by atoms with Gasteiger partial charge in [-0.1, -0.05) is 0 Å². The Morgan fingerprint density at radius 2 is 0.833 bits per heavy atom. The molecule has 0 heterocycles. The van der Waals surface area contributed by atoms with Gasteiger partial charge in [-0.3, -0.25) is 0 Å². The van der Waals surface area contributed by atoms with Crippen molar-refractivity contribution < 1.29 is 30.0 Å². The number of rotatable bonds is 0. The van der Waals surface area contributed by atoms with Gasteiger partial charge in [0.15, 0.2) is 0 Å². The molecule has 0 nitrogen and oxygen atoms in total. The summed E-state index contributed by atoms with van der Waals surface area (Å²) in [5.41, 5.74) is 0. The van der Waals surface area contributed by atoms with Gasteiger partial charge in [0.25, 0.3) is 0 Å². The Morgan fingerprint density at radius 3 is 0.833 bits per heavy atom. The van der Waals surface area contributed by atoms with Crippen molar-refractivity contribution in [1.29, 1.82) is 0 Å². The van der Waals surface area contributed by atoms with E-state index in [-0.39, 0.29) is 8.41 Å². The quantitative estimate of drug-likeness (QED) is 0.398. The van der Waals surface area contributed by atoms with Gasteiger partial charge in [0.2, 0.25) is 0 Å². The van der Waals surface area contributed by atoms with Crippen LogP contribution in [0.5, 0.6) is 0 Å². The standard InChI is InChI=1S/B.4FH.Rh/h;4*1H;/q+3;;;;;+1/p-4. The van der Waals surface area contributed by atoms with Gasteiger partial charge >= 0.3 is 38.4 Å². The molecule has 0 aromatic carbocycles. The Bertz CT molecular complexity index is 23.0. The second-order valence-electron chi connectivity index (χ2n) is 0.286. The van der Waals surface area contributed by atoms with Crippen LogP contribution in [0.2, 0.25) is 0 Å². The first-order valence-electron chi connectivity index (χ1n) is 0.504. The van der Waals surface area contributed by atoms with E-state index in [1.807, 2.05) is 0 Å². The molecule has 0 atom stereocenters. The Labute approximate surface area is 39.2 Å². The van der Waals surface area contributed by atoms with Gasteiger partial charge in [-0.15, -0.1) is 0 Å². The van der Waals surface area contributed by atoms with Crippen molar-refractivity contribution >= 4 is 8.41 Å². The number of hydrogen-bond donors (Lipinski definition) is 0. The van der Waals surface area contributed by atoms with E-state index in [2.05, 4.69) is 0 Å². The molecule has 0 unspecified atom stereocenters. The summed E-state index contributed by atoms with van der Waals surface area (Å²) in [5, 5.41) is 0. The van der Waals surface area contributed by atoms with Crippen LogP contribution >= 0.6 is 0 Å². The van der Waals surface area contributed by atoms with Crippen LogP contribution in [-0.4, -0.2) is 8.41 Å². The number of halogens is 4. The van der Waals surface area contributed by atoms with Crippen molar-refractivity contribution in [3.8, 4) is 0 Å². The van der Waals surface area contributed by atoms with Gasteiger partial charge in [-0.05, 0) is 0 Å². The normalized spacial score (nSPS) is 12.7. The van der Waals surface area contributed by atoms with Crippen molar-refractivity contribution in [2.24, 2.45) is 0 Å². The Hall–Kier alpha value is 0.408. The summed E-state index contributed by atoms with van der Waals surface area (Å²) in [6.45, 7) is 0. The first-order valence-corrected chi connectivity index (χ1v) is 2.98. The van der Waals surface area contributed by atoms with Gasteiger partial charge in [0.1, 0.15) is 0 Å². The Kier molecular flexibility index (Phi) is 4.11. The molecule has 0 aromatic heterocycles. The summed E-state index contributed by atoms with van der Waals surface area (Å²) in [4.78, 5) is 0. The molecule has 0 bridgehead atoms. The second-order valence-corrected chi connectivity index (χ2v) is 1.69. The summed E-state index contributed by atoms with van der Waals surface area (Å²) in [6.07, 6.45) is 0. The van der Waals surface area contributed by atoms with Crippen molar-refractivity contribution in [1.82, 2.24) is 0 Å². The van der Waals surface area contributed by atoms with Crippen molar-refractivity contribution in [2.45, 2.75) is 0 Å². The van der Waals surface area contributed by atoms with Crippen LogP contribution in [-0.2, 0) is 16.8 Å². The third-order valence-corrected chi connectivity index (χ3v) is 0. The topological polar surface area (TPSA) is 0 Å². The van der Waals surface area contributed by atoms with Gasteiger partial charge in [0.05, 0.1) is 0 Å². The molecule has 40 valence electrons. The minimum atomic E-state index is -6.78. The third kappa shape index (κ3) is 307. The average Bonchev–Trinajstić information content (AvgIpc) is 0.722. The average molecular weight is 190 g/mol. The number of hydrogen-bond acceptors (Lipinski definition) is 0. The molecule has 6 heteroatoms. The molecule has 0 aliphatic heterocycles. The fourth-order valence-corrected chi connectivity index (χ4v) is 0. The molecule has 0 rings (SSSR count). The summed E-state index contributed by atoms with van der Waals surface area (Å²) in [6, 6.07) is 0. The summed E-state index contributed by atoms with van der Waals surface area (Å²) < 4.78 is 39.4. The molecule has 0 spiro atoms. The zero-order valence-electron chi connectivity index (χ0n) is 2.42. The summed E-state index contributed by atoms with van der Waals surface area (Å²) in [5.74, 6) is 0. The molecule has 0 fully saturated rings. The molecule has 0 aliphatic carbocycles. The maximum atomic E-state index is 9.85. The van der Waals surface area contributed by atoms with E-state index < -0.39 is 16.8 Å². The van der Waals surface area contributed by atoms with E-state index in [0.717, 1.165) is 0 Å². The van der Waals surface area contributed by atoms with Crippen LogP contribution in [0, 0.1) is 0 Å². The third-order valence-electron chi connectivity index (χ3n) is 0. The van der Waals surface area contributed by atoms with Gasteiger partial charge in [-0.2, -0.15) is 0 Å². The van der Waals surface area contributed by atoms with Crippen molar-refractivity contribution in [2.75, 3.05) is 0 Å². The van der Waals surface area contributed by atoms with Crippen LogP contribution in [0.15, 0.2) is 0 Å². The van der Waals surface area contributed by atoms with Crippen LogP contribution in [0.4, 0.5) is 13.3 Å². The molecule has 6 heavy (non-hydrogen) atoms. The van der Waals surface area contributed by atoms with Crippen molar-refractivity contribution in [3.63, 3.8) is 0 Å². The molecule has 0 aliphatic rings. The van der Waals surface area contributed by atoms with E-state index in [1.54, 1.807) is 0 Å². The molecule has 0 saturated carbocycles. The fourth-order valence-electron chi connectivity index (χ4n) is 0. The molecule has 0 radical (unpaired) electrons. The molecular formula is BF4Rh. The first kappa shape index (κ1) is 9.65. The van der Waals surface area contributed by atoms with E-state index in [9.17, 15) is 13.3 Å². The first-order chi connectivity index (χ1) is 2.00. The predicted octanol–water partition coefficient (Wildman–Crippen LogP) is 1.30. The minimum absolute atomic E-state index is 0. The van der Waals surface area contributed by atoms with Crippen molar-refractivity contribution in [3.05, 3.63) is 0 Å². The van der Waals surface area contributed by atoms with Crippen LogP contribution in [0.25, 0.3) is 0 Å². The molecular weight excluding hydrogens is 190 g/mol. The zero-order valence-corrected chi connectivity index (χ0v) is 4.06. The molecule has 0 aromatic rings. The predicted molar refractivity (Wildman–Crippen MR) is 10.2 cm³/mol. The van der Waals surface area contributed by atoms with E-state index >= 15 is 0 Å². The van der Waals surface area contributed by atoms with Crippen LogP contribution < -0.4 is 0 Å². The summed E-state index contributed by atoms with van der Waals surface area (Å²) in [7, 11) is 0. The molecule has 0 amide bonds. The van der Waals surface area contributed by atoms with E-state index in [4.69, 9.17) is 0 Å². The van der Waals surface area contributed by atoms with Gasteiger partial charge in [0, 0.05) is 0 Å². The second kappa shape index (κ2) is 2.56. The molecule has 0 N–H and O–H groups in total. The summed E-state index contributed by atoms with van der Waals surface area (Å²) >= 11 is -6.78. The fraction of sp³-hybridized carbons (Fsp3) is 0. The van der Waals surface area contributed by atoms with Crippen LogP contribution in [0.3, 0.4) is 0 Å².